The first-order valence-corrected chi connectivity index (χ1v) is 9.54. The maximum absolute atomic E-state index is 13.2. The van der Waals surface area contributed by atoms with Crippen LogP contribution in [0.15, 0.2) is 65.9 Å². The van der Waals surface area contributed by atoms with Crippen LogP contribution in [0.25, 0.3) is 0 Å². The van der Waals surface area contributed by atoms with Gasteiger partial charge in [-0.1, -0.05) is 54.6 Å². The maximum Gasteiger partial charge on any atom is 0.280 e. The lowest BCUT2D eigenvalue weighted by atomic mass is 10.1. The molecule has 6 heteroatoms. The molecule has 6 nitrogen and oxygen atoms in total. The van der Waals surface area contributed by atoms with E-state index in [2.05, 4.69) is 46.3 Å². The van der Waals surface area contributed by atoms with Crippen molar-refractivity contribution in [3.05, 3.63) is 83.3 Å². The van der Waals surface area contributed by atoms with Gasteiger partial charge in [0, 0.05) is 13.6 Å². The van der Waals surface area contributed by atoms with Gasteiger partial charge in [-0.05, 0) is 23.1 Å². The molecule has 3 aliphatic rings. The number of anilines is 1. The van der Waals surface area contributed by atoms with E-state index in [4.69, 9.17) is 4.99 Å². The van der Waals surface area contributed by atoms with Crippen molar-refractivity contribution in [2.24, 2.45) is 4.99 Å². The van der Waals surface area contributed by atoms with E-state index in [0.717, 1.165) is 17.8 Å². The third kappa shape index (κ3) is 2.00. The van der Waals surface area contributed by atoms with Crippen LogP contribution in [0.1, 0.15) is 33.2 Å². The van der Waals surface area contributed by atoms with Gasteiger partial charge in [0.2, 0.25) is 5.96 Å². The molecule has 28 heavy (non-hydrogen) atoms. The molecule has 0 radical (unpaired) electrons. The van der Waals surface area contributed by atoms with Crippen LogP contribution < -0.4 is 4.90 Å². The van der Waals surface area contributed by atoms with Gasteiger partial charge in [0.1, 0.15) is 0 Å². The Bertz CT molecular complexity index is 1130. The zero-order valence-corrected chi connectivity index (χ0v) is 15.5. The van der Waals surface area contributed by atoms with Gasteiger partial charge in [-0.25, -0.2) is 9.98 Å². The van der Waals surface area contributed by atoms with Gasteiger partial charge in [0.25, 0.3) is 5.91 Å². The van der Waals surface area contributed by atoms with E-state index < -0.39 is 0 Å². The van der Waals surface area contributed by atoms with Gasteiger partial charge in [0.15, 0.2) is 11.5 Å². The number of aliphatic imine (C=N–C) groups is 1. The minimum absolute atomic E-state index is 0.0494. The number of fused-ring (bicyclic) bond motifs is 7. The number of amides is 1. The lowest BCUT2D eigenvalue weighted by Gasteiger charge is -2.34. The molecule has 1 amide bonds. The molecule has 6 rings (SSSR count). The predicted molar refractivity (Wildman–Crippen MR) is 106 cm³/mol. The third-order valence-corrected chi connectivity index (χ3v) is 5.99. The van der Waals surface area contributed by atoms with Crippen molar-refractivity contribution in [1.82, 2.24) is 14.5 Å². The molecule has 1 aliphatic carbocycles. The highest BCUT2D eigenvalue weighted by atomic mass is 16.2. The summed E-state index contributed by atoms with van der Waals surface area (Å²) in [6.45, 7) is 0.619. The van der Waals surface area contributed by atoms with Gasteiger partial charge >= 0.3 is 0 Å². The number of imidazole rings is 1. The van der Waals surface area contributed by atoms with Crippen molar-refractivity contribution < 1.29 is 4.79 Å². The standard InChI is InChI=1S/C22H19N5O/c1-25-21(28)19-20(23-13-26(19)12-14-7-3-2-4-8-14)27-18-16-10-6-5-9-15(16)11-17(18)24-22(25)27/h2-10,13,17-18H,11-12H2,1H3/t17-,18+/m0/s1. The van der Waals surface area contributed by atoms with Gasteiger partial charge in [-0.2, -0.15) is 0 Å². The molecule has 2 atom stereocenters. The molecule has 0 fully saturated rings. The van der Waals surface area contributed by atoms with Crippen LogP contribution in [0.3, 0.4) is 0 Å². The van der Waals surface area contributed by atoms with E-state index in [-0.39, 0.29) is 18.0 Å². The highest BCUT2D eigenvalue weighted by Gasteiger charge is 2.50. The number of hydrogen-bond donors (Lipinski definition) is 0. The Morgan fingerprint density at radius 3 is 2.71 bits per heavy atom. The monoisotopic (exact) mass is 369 g/mol. The van der Waals surface area contributed by atoms with Crippen molar-refractivity contribution in [3.63, 3.8) is 0 Å². The van der Waals surface area contributed by atoms with Crippen molar-refractivity contribution in [2.45, 2.75) is 25.0 Å². The first-order chi connectivity index (χ1) is 13.7. The zero-order chi connectivity index (χ0) is 18.8. The Hall–Kier alpha value is -3.41. The topological polar surface area (TPSA) is 53.7 Å². The van der Waals surface area contributed by atoms with Crippen LogP contribution in [0.5, 0.6) is 0 Å². The van der Waals surface area contributed by atoms with Crippen molar-refractivity contribution >= 4 is 17.7 Å². The van der Waals surface area contributed by atoms with Crippen molar-refractivity contribution in [3.8, 4) is 0 Å². The SMILES string of the molecule is CN1C(=O)c2c(ncn2Cc2ccccc2)N2C1=N[C@H]1Cc3ccccc3[C@H]12. The number of nitrogens with zero attached hydrogens (tertiary/aromatic N) is 5. The molecule has 0 spiro atoms. The molecule has 0 bridgehead atoms. The lowest BCUT2D eigenvalue weighted by molar-refractivity contribution is 0.0855. The highest BCUT2D eigenvalue weighted by molar-refractivity contribution is 6.18. The normalized spacial score (nSPS) is 21.9. The van der Waals surface area contributed by atoms with E-state index in [1.807, 2.05) is 29.8 Å². The van der Waals surface area contributed by atoms with Crippen LogP contribution in [0.4, 0.5) is 5.82 Å². The summed E-state index contributed by atoms with van der Waals surface area (Å²) in [6, 6.07) is 18.9. The second-order valence-electron chi connectivity index (χ2n) is 7.61. The molecule has 3 aromatic rings. The minimum atomic E-state index is -0.0494. The Morgan fingerprint density at radius 1 is 1.07 bits per heavy atom. The number of rotatable bonds is 2. The Kier molecular flexibility index (Phi) is 3.10. The van der Waals surface area contributed by atoms with Gasteiger partial charge in [-0.3, -0.25) is 14.6 Å². The Labute approximate surface area is 162 Å². The third-order valence-electron chi connectivity index (χ3n) is 5.99. The molecule has 0 saturated heterocycles. The average molecular weight is 369 g/mol. The number of hydrogen-bond acceptors (Lipinski definition) is 4. The largest absolute Gasteiger partial charge is 0.320 e. The van der Waals surface area contributed by atoms with E-state index in [1.165, 1.54) is 11.1 Å². The summed E-state index contributed by atoms with van der Waals surface area (Å²) in [4.78, 5) is 26.6. The summed E-state index contributed by atoms with van der Waals surface area (Å²) >= 11 is 0. The first kappa shape index (κ1) is 15.6. The van der Waals surface area contributed by atoms with Crippen molar-refractivity contribution in [1.29, 1.82) is 0 Å². The number of carbonyl (C=O) groups excluding carboxylic acids is 1. The number of aromatic nitrogens is 2. The minimum Gasteiger partial charge on any atom is -0.320 e. The number of guanidine groups is 1. The fraction of sp³-hybridized carbons (Fsp3) is 0.227. The maximum atomic E-state index is 13.2. The second-order valence-corrected chi connectivity index (χ2v) is 7.61. The van der Waals surface area contributed by atoms with Gasteiger partial charge < -0.3 is 4.57 Å². The molecule has 0 N–H and O–H groups in total. The van der Waals surface area contributed by atoms with Crippen LogP contribution in [0.2, 0.25) is 0 Å². The predicted octanol–water partition coefficient (Wildman–Crippen LogP) is 2.86. The van der Waals surface area contributed by atoms with Crippen molar-refractivity contribution in [2.75, 3.05) is 11.9 Å². The number of benzene rings is 2. The molecule has 138 valence electrons. The van der Waals surface area contributed by atoms with E-state index in [1.54, 1.807) is 11.2 Å². The molecule has 2 aliphatic heterocycles. The molecule has 0 unspecified atom stereocenters. The fourth-order valence-corrected chi connectivity index (χ4v) is 4.71. The quantitative estimate of drug-likeness (QED) is 0.698. The molecular weight excluding hydrogens is 350 g/mol. The second kappa shape index (κ2) is 5.55. The smallest absolute Gasteiger partial charge is 0.280 e. The number of carbonyl (C=O) groups is 1. The van der Waals surface area contributed by atoms with Crippen LogP contribution in [-0.2, 0) is 13.0 Å². The first-order valence-electron chi connectivity index (χ1n) is 9.54. The molecule has 3 heterocycles. The molecule has 0 saturated carbocycles. The summed E-state index contributed by atoms with van der Waals surface area (Å²) in [5.74, 6) is 1.39. The zero-order valence-electron chi connectivity index (χ0n) is 15.5. The summed E-state index contributed by atoms with van der Waals surface area (Å²) in [6.07, 6.45) is 2.68. The molecular formula is C22H19N5O. The molecule has 1 aromatic heterocycles. The summed E-state index contributed by atoms with van der Waals surface area (Å²) in [5, 5.41) is 0. The summed E-state index contributed by atoms with van der Waals surface area (Å²) < 4.78 is 1.95. The average Bonchev–Trinajstić information content (AvgIpc) is 3.38. The van der Waals surface area contributed by atoms with Gasteiger partial charge in [-0.15, -0.1) is 0 Å². The van der Waals surface area contributed by atoms with Crippen LogP contribution in [0, 0.1) is 0 Å². The van der Waals surface area contributed by atoms with Crippen LogP contribution in [-0.4, -0.2) is 39.4 Å². The highest BCUT2D eigenvalue weighted by Crippen LogP contribution is 2.46. The Balaban J connectivity index is 1.47. The van der Waals surface area contributed by atoms with E-state index in [9.17, 15) is 4.79 Å². The van der Waals surface area contributed by atoms with Crippen LogP contribution >= 0.6 is 0 Å². The van der Waals surface area contributed by atoms with E-state index in [0.29, 0.717) is 18.2 Å². The molecule has 2 aromatic carbocycles. The lowest BCUT2D eigenvalue weighted by Crippen LogP contribution is -2.49. The fourth-order valence-electron chi connectivity index (χ4n) is 4.71. The Morgan fingerprint density at radius 2 is 1.86 bits per heavy atom. The van der Waals surface area contributed by atoms with Gasteiger partial charge in [0.05, 0.1) is 18.4 Å². The van der Waals surface area contributed by atoms with E-state index >= 15 is 0 Å². The summed E-state index contributed by atoms with van der Waals surface area (Å²) in [5.41, 5.74) is 4.40. The summed E-state index contributed by atoms with van der Waals surface area (Å²) in [7, 11) is 1.81.